The second-order valence-electron chi connectivity index (χ2n) is 2.17. The Labute approximate surface area is 59.2 Å². The number of hydrogen-bond donors (Lipinski definition) is 1. The minimum absolute atomic E-state index is 0.220. The fraction of sp³-hybridized carbons (Fsp3) is 0.833. The molecule has 0 bridgehead atoms. The number of nitrogens with two attached hydrogens (primary N) is 1. The molecule has 0 aromatic carbocycles. The highest BCUT2D eigenvalue weighted by Crippen LogP contribution is 2.26. The Kier molecular flexibility index (Phi) is 2.54. The predicted molar refractivity (Wildman–Crippen MR) is 39.5 cm³/mol. The summed E-state index contributed by atoms with van der Waals surface area (Å²) in [6, 6.07) is 0. The molecule has 1 fully saturated rings. The molecule has 52 valence electrons. The van der Waals surface area contributed by atoms with Crippen LogP contribution in [0.4, 0.5) is 0 Å². The molecule has 1 heterocycles. The van der Waals surface area contributed by atoms with Crippen molar-refractivity contribution in [2.24, 2.45) is 5.73 Å². The van der Waals surface area contributed by atoms with Crippen molar-refractivity contribution in [1.82, 2.24) is 0 Å². The van der Waals surface area contributed by atoms with Crippen LogP contribution in [0.25, 0.3) is 0 Å². The van der Waals surface area contributed by atoms with Crippen LogP contribution in [0.5, 0.6) is 0 Å². The quantitative estimate of drug-likeness (QED) is 0.612. The van der Waals surface area contributed by atoms with Crippen molar-refractivity contribution in [2.75, 3.05) is 12.3 Å². The standard InChI is InChI=1S/C6H11NOS/c7-4-5(8)6-2-1-3-9-6/h6H,1-4,7H2. The zero-order valence-electron chi connectivity index (χ0n) is 5.30. The molecule has 1 aliphatic heterocycles. The molecule has 0 saturated carbocycles. The minimum Gasteiger partial charge on any atom is -0.324 e. The lowest BCUT2D eigenvalue weighted by atomic mass is 10.2. The van der Waals surface area contributed by atoms with Gasteiger partial charge < -0.3 is 5.73 Å². The normalized spacial score (nSPS) is 26.6. The lowest BCUT2D eigenvalue weighted by Gasteiger charge is -2.02. The van der Waals surface area contributed by atoms with Crippen molar-refractivity contribution >= 4 is 17.5 Å². The second-order valence-corrected chi connectivity index (χ2v) is 3.48. The summed E-state index contributed by atoms with van der Waals surface area (Å²) in [6.07, 6.45) is 2.22. The van der Waals surface area contributed by atoms with Crippen LogP contribution in [0, 0.1) is 0 Å². The predicted octanol–water partition coefficient (Wildman–Crippen LogP) is 0.410. The number of carbonyl (C=O) groups excluding carboxylic acids is 1. The van der Waals surface area contributed by atoms with E-state index in [-0.39, 0.29) is 17.6 Å². The first-order valence-electron chi connectivity index (χ1n) is 3.19. The largest absolute Gasteiger partial charge is 0.324 e. The van der Waals surface area contributed by atoms with E-state index in [2.05, 4.69) is 0 Å². The summed E-state index contributed by atoms with van der Waals surface area (Å²) in [6.45, 7) is 0.220. The lowest BCUT2D eigenvalue weighted by Crippen LogP contribution is -2.23. The number of ketones is 1. The van der Waals surface area contributed by atoms with Crippen molar-refractivity contribution in [1.29, 1.82) is 0 Å². The monoisotopic (exact) mass is 145 g/mol. The Morgan fingerprint density at radius 1 is 1.78 bits per heavy atom. The van der Waals surface area contributed by atoms with E-state index in [1.54, 1.807) is 11.8 Å². The molecule has 1 rings (SSSR count). The molecule has 0 spiro atoms. The van der Waals surface area contributed by atoms with Crippen LogP contribution in [-0.4, -0.2) is 23.3 Å². The number of Topliss-reactive ketones (excluding diaryl/α,β-unsaturated/α-hetero) is 1. The number of rotatable bonds is 2. The summed E-state index contributed by atoms with van der Waals surface area (Å²) in [5.74, 6) is 1.36. The van der Waals surface area contributed by atoms with Gasteiger partial charge in [0.05, 0.1) is 11.8 Å². The Morgan fingerprint density at radius 2 is 2.56 bits per heavy atom. The van der Waals surface area contributed by atoms with E-state index < -0.39 is 0 Å². The molecule has 0 amide bonds. The third-order valence-corrected chi connectivity index (χ3v) is 2.92. The van der Waals surface area contributed by atoms with Gasteiger partial charge in [-0.1, -0.05) is 0 Å². The second kappa shape index (κ2) is 3.22. The van der Waals surface area contributed by atoms with E-state index in [1.165, 1.54) is 6.42 Å². The van der Waals surface area contributed by atoms with Gasteiger partial charge in [0.25, 0.3) is 0 Å². The van der Waals surface area contributed by atoms with Gasteiger partial charge in [-0.25, -0.2) is 0 Å². The zero-order valence-corrected chi connectivity index (χ0v) is 6.12. The van der Waals surface area contributed by atoms with Gasteiger partial charge in [-0.2, -0.15) is 11.8 Å². The van der Waals surface area contributed by atoms with Crippen molar-refractivity contribution in [2.45, 2.75) is 18.1 Å². The summed E-state index contributed by atoms with van der Waals surface area (Å²) in [5.41, 5.74) is 5.19. The Hall–Kier alpha value is -0.0200. The summed E-state index contributed by atoms with van der Waals surface area (Å²) >= 11 is 1.75. The lowest BCUT2D eigenvalue weighted by molar-refractivity contribution is -0.117. The fourth-order valence-corrected chi connectivity index (χ4v) is 2.20. The van der Waals surface area contributed by atoms with Crippen LogP contribution < -0.4 is 5.73 Å². The van der Waals surface area contributed by atoms with Crippen LogP contribution in [-0.2, 0) is 4.79 Å². The molecule has 1 aliphatic rings. The van der Waals surface area contributed by atoms with Gasteiger partial charge in [-0.3, -0.25) is 4.79 Å². The third kappa shape index (κ3) is 1.69. The first kappa shape index (κ1) is 7.09. The number of hydrogen-bond acceptors (Lipinski definition) is 3. The molecule has 2 N–H and O–H groups in total. The number of carbonyl (C=O) groups is 1. The van der Waals surface area contributed by atoms with Gasteiger partial charge in [0, 0.05) is 0 Å². The minimum atomic E-state index is 0.220. The van der Waals surface area contributed by atoms with Crippen molar-refractivity contribution < 1.29 is 4.79 Å². The van der Waals surface area contributed by atoms with Crippen LogP contribution in [0.2, 0.25) is 0 Å². The highest BCUT2D eigenvalue weighted by atomic mass is 32.2. The molecule has 0 aliphatic carbocycles. The highest BCUT2D eigenvalue weighted by molar-refractivity contribution is 8.00. The average Bonchev–Trinajstić information content (AvgIpc) is 2.37. The fourth-order valence-electron chi connectivity index (χ4n) is 0.963. The van der Waals surface area contributed by atoms with Crippen molar-refractivity contribution in [3.05, 3.63) is 0 Å². The first-order chi connectivity index (χ1) is 4.34. The summed E-state index contributed by atoms with van der Waals surface area (Å²) in [4.78, 5) is 10.9. The van der Waals surface area contributed by atoms with E-state index in [9.17, 15) is 4.79 Å². The van der Waals surface area contributed by atoms with Crippen LogP contribution in [0.3, 0.4) is 0 Å². The number of thioether (sulfide) groups is 1. The maximum atomic E-state index is 10.9. The van der Waals surface area contributed by atoms with Gasteiger partial charge in [0.1, 0.15) is 0 Å². The van der Waals surface area contributed by atoms with E-state index >= 15 is 0 Å². The highest BCUT2D eigenvalue weighted by Gasteiger charge is 2.21. The van der Waals surface area contributed by atoms with Crippen molar-refractivity contribution in [3.8, 4) is 0 Å². The van der Waals surface area contributed by atoms with Gasteiger partial charge in [-0.15, -0.1) is 0 Å². The van der Waals surface area contributed by atoms with Gasteiger partial charge in [0.2, 0.25) is 0 Å². The van der Waals surface area contributed by atoms with Crippen LogP contribution in [0.1, 0.15) is 12.8 Å². The molecule has 1 unspecified atom stereocenters. The van der Waals surface area contributed by atoms with Gasteiger partial charge >= 0.3 is 0 Å². The SMILES string of the molecule is NCC(=O)C1CCCS1. The smallest absolute Gasteiger partial charge is 0.159 e. The Bertz CT molecular complexity index is 110. The molecular formula is C6H11NOS. The maximum absolute atomic E-state index is 10.9. The van der Waals surface area contributed by atoms with E-state index in [0.29, 0.717) is 0 Å². The molecule has 0 radical (unpaired) electrons. The first-order valence-corrected chi connectivity index (χ1v) is 4.24. The Balaban J connectivity index is 2.32. The van der Waals surface area contributed by atoms with Crippen LogP contribution >= 0.6 is 11.8 Å². The summed E-state index contributed by atoms with van der Waals surface area (Å²) in [5, 5.41) is 0.231. The molecule has 1 atom stereocenters. The summed E-state index contributed by atoms with van der Waals surface area (Å²) < 4.78 is 0. The molecular weight excluding hydrogens is 134 g/mol. The molecule has 2 nitrogen and oxygen atoms in total. The van der Waals surface area contributed by atoms with E-state index in [0.717, 1.165) is 12.2 Å². The molecule has 3 heteroatoms. The zero-order chi connectivity index (χ0) is 6.69. The maximum Gasteiger partial charge on any atom is 0.159 e. The topological polar surface area (TPSA) is 43.1 Å². The molecule has 9 heavy (non-hydrogen) atoms. The van der Waals surface area contributed by atoms with Crippen molar-refractivity contribution in [3.63, 3.8) is 0 Å². The summed E-state index contributed by atoms with van der Waals surface area (Å²) in [7, 11) is 0. The van der Waals surface area contributed by atoms with E-state index in [4.69, 9.17) is 5.73 Å². The third-order valence-electron chi connectivity index (χ3n) is 1.49. The molecule has 1 saturated heterocycles. The molecule has 0 aromatic rings. The van der Waals surface area contributed by atoms with Crippen LogP contribution in [0.15, 0.2) is 0 Å². The van der Waals surface area contributed by atoms with Gasteiger partial charge in [-0.05, 0) is 18.6 Å². The van der Waals surface area contributed by atoms with Gasteiger partial charge in [0.15, 0.2) is 5.78 Å². The average molecular weight is 145 g/mol. The van der Waals surface area contributed by atoms with E-state index in [1.807, 2.05) is 0 Å². The molecule has 0 aromatic heterocycles. The Morgan fingerprint density at radius 3 is 3.00 bits per heavy atom.